The first-order valence-electron chi connectivity index (χ1n) is 9.72. The van der Waals surface area contributed by atoms with Gasteiger partial charge in [0.05, 0.1) is 7.11 Å². The van der Waals surface area contributed by atoms with Crippen LogP contribution in [0.15, 0.2) is 48.5 Å². The highest BCUT2D eigenvalue weighted by atomic mass is 16.5. The summed E-state index contributed by atoms with van der Waals surface area (Å²) in [7, 11) is 1.59. The third-order valence-electron chi connectivity index (χ3n) is 4.47. The Balaban J connectivity index is 2.16. The second kappa shape index (κ2) is 10.5. The maximum atomic E-state index is 13.0. The Morgan fingerprint density at radius 2 is 1.72 bits per heavy atom. The lowest BCUT2D eigenvalue weighted by Crippen LogP contribution is -2.50. The minimum Gasteiger partial charge on any atom is -0.497 e. The summed E-state index contributed by atoms with van der Waals surface area (Å²) in [4.78, 5) is 27.0. The zero-order valence-electron chi connectivity index (χ0n) is 17.8. The predicted molar refractivity (Wildman–Crippen MR) is 113 cm³/mol. The Labute approximate surface area is 172 Å². The van der Waals surface area contributed by atoms with E-state index < -0.39 is 6.04 Å². The van der Waals surface area contributed by atoms with Crippen molar-refractivity contribution in [1.29, 1.82) is 0 Å². The van der Waals surface area contributed by atoms with Crippen LogP contribution in [0.1, 0.15) is 31.9 Å². The predicted octanol–water partition coefficient (Wildman–Crippen LogP) is 3.32. The van der Waals surface area contributed by atoms with Gasteiger partial charge in [-0.05, 0) is 57.5 Å². The van der Waals surface area contributed by atoms with Crippen molar-refractivity contribution in [3.63, 3.8) is 0 Å². The van der Waals surface area contributed by atoms with E-state index in [-0.39, 0.29) is 31.0 Å². The summed E-state index contributed by atoms with van der Waals surface area (Å²) in [5.41, 5.74) is 1.99. The van der Waals surface area contributed by atoms with Gasteiger partial charge in [-0.25, -0.2) is 0 Å². The van der Waals surface area contributed by atoms with E-state index in [0.29, 0.717) is 11.5 Å². The molecule has 0 heterocycles. The molecule has 2 rings (SSSR count). The maximum absolute atomic E-state index is 13.0. The molecule has 2 aromatic carbocycles. The molecule has 0 aliphatic heterocycles. The van der Waals surface area contributed by atoms with Gasteiger partial charge in [-0.2, -0.15) is 0 Å². The molecule has 0 saturated heterocycles. The van der Waals surface area contributed by atoms with Crippen molar-refractivity contribution >= 4 is 11.8 Å². The van der Waals surface area contributed by atoms with Crippen molar-refractivity contribution in [2.24, 2.45) is 0 Å². The van der Waals surface area contributed by atoms with E-state index >= 15 is 0 Å². The van der Waals surface area contributed by atoms with E-state index in [1.54, 1.807) is 14.0 Å². The topological polar surface area (TPSA) is 67.9 Å². The van der Waals surface area contributed by atoms with Gasteiger partial charge in [-0.3, -0.25) is 9.59 Å². The number of methoxy groups -OCH3 is 1. The number of rotatable bonds is 9. The molecule has 0 bridgehead atoms. The molecule has 29 heavy (non-hydrogen) atoms. The molecular weight excluding hydrogens is 368 g/mol. The molecule has 6 nitrogen and oxygen atoms in total. The molecule has 0 aliphatic carbocycles. The van der Waals surface area contributed by atoms with Crippen molar-refractivity contribution in [2.45, 2.75) is 46.3 Å². The minimum absolute atomic E-state index is 0.0115. The molecule has 0 aliphatic rings. The first-order valence-corrected chi connectivity index (χ1v) is 9.72. The Hall–Kier alpha value is -3.02. The van der Waals surface area contributed by atoms with Gasteiger partial charge >= 0.3 is 0 Å². The van der Waals surface area contributed by atoms with Gasteiger partial charge in [-0.1, -0.05) is 29.8 Å². The second-order valence-electron chi connectivity index (χ2n) is 7.31. The molecule has 0 saturated carbocycles. The van der Waals surface area contributed by atoms with Crippen molar-refractivity contribution in [1.82, 2.24) is 10.2 Å². The van der Waals surface area contributed by atoms with Gasteiger partial charge < -0.3 is 19.7 Å². The Kier molecular flexibility index (Phi) is 8.07. The lowest BCUT2D eigenvalue weighted by atomic mass is 10.1. The van der Waals surface area contributed by atoms with Crippen molar-refractivity contribution in [2.75, 3.05) is 13.7 Å². The summed E-state index contributed by atoms with van der Waals surface area (Å²) in [5.74, 6) is 0.848. The normalized spacial score (nSPS) is 11.7. The van der Waals surface area contributed by atoms with Gasteiger partial charge in [-0.15, -0.1) is 0 Å². The number of hydrogen-bond acceptors (Lipinski definition) is 4. The molecule has 1 atom stereocenters. The van der Waals surface area contributed by atoms with Crippen LogP contribution in [0.2, 0.25) is 0 Å². The quantitative estimate of drug-likeness (QED) is 0.704. The average molecular weight is 399 g/mol. The number of ether oxygens (including phenoxy) is 2. The van der Waals surface area contributed by atoms with Gasteiger partial charge in [0, 0.05) is 12.6 Å². The smallest absolute Gasteiger partial charge is 0.261 e. The maximum Gasteiger partial charge on any atom is 0.261 e. The number of aryl methyl sites for hydroxylation is 1. The number of nitrogens with one attached hydrogen (secondary N) is 1. The zero-order valence-corrected chi connectivity index (χ0v) is 17.8. The number of carbonyl (C=O) groups excluding carboxylic acids is 2. The van der Waals surface area contributed by atoms with E-state index in [2.05, 4.69) is 5.32 Å². The molecule has 0 radical (unpaired) electrons. The molecule has 0 unspecified atom stereocenters. The lowest BCUT2D eigenvalue weighted by Gasteiger charge is -2.29. The Morgan fingerprint density at radius 1 is 1.03 bits per heavy atom. The molecule has 0 aromatic heterocycles. The van der Waals surface area contributed by atoms with E-state index in [1.807, 2.05) is 69.3 Å². The Morgan fingerprint density at radius 3 is 2.34 bits per heavy atom. The fraction of sp³-hybridized carbons (Fsp3) is 0.391. The van der Waals surface area contributed by atoms with Crippen molar-refractivity contribution in [3.05, 3.63) is 59.7 Å². The van der Waals surface area contributed by atoms with Gasteiger partial charge in [0.15, 0.2) is 6.61 Å². The lowest BCUT2D eigenvalue weighted by molar-refractivity contribution is -0.142. The first-order chi connectivity index (χ1) is 13.8. The average Bonchev–Trinajstić information content (AvgIpc) is 2.70. The van der Waals surface area contributed by atoms with Crippen molar-refractivity contribution < 1.29 is 19.1 Å². The molecule has 2 aromatic rings. The fourth-order valence-electron chi connectivity index (χ4n) is 2.82. The third kappa shape index (κ3) is 6.82. The highest BCUT2D eigenvalue weighted by Gasteiger charge is 2.27. The summed E-state index contributed by atoms with van der Waals surface area (Å²) in [5, 5.41) is 2.87. The van der Waals surface area contributed by atoms with Crippen LogP contribution in [-0.2, 0) is 16.1 Å². The van der Waals surface area contributed by atoms with Crippen LogP contribution < -0.4 is 14.8 Å². The molecule has 0 fully saturated rings. The standard InChI is InChI=1S/C23H30N2O4/c1-16(2)24-23(27)18(4)25(14-19-7-6-8-21(13-19)28-5)22(26)15-29-20-11-9-17(3)10-12-20/h6-13,16,18H,14-15H2,1-5H3,(H,24,27)/t18-/m0/s1. The number of amides is 2. The van der Waals surface area contributed by atoms with Crippen molar-refractivity contribution in [3.8, 4) is 11.5 Å². The SMILES string of the molecule is COc1cccc(CN(C(=O)COc2ccc(C)cc2)[C@@H](C)C(=O)NC(C)C)c1. The molecule has 6 heteroatoms. The molecule has 1 N–H and O–H groups in total. The van der Waals surface area contributed by atoms with E-state index in [4.69, 9.17) is 9.47 Å². The van der Waals surface area contributed by atoms with E-state index in [9.17, 15) is 9.59 Å². The molecule has 0 spiro atoms. The minimum atomic E-state index is -0.641. The highest BCUT2D eigenvalue weighted by molar-refractivity contribution is 5.88. The van der Waals surface area contributed by atoms with Crippen LogP contribution in [0.4, 0.5) is 0 Å². The van der Waals surface area contributed by atoms with Gasteiger partial charge in [0.25, 0.3) is 5.91 Å². The van der Waals surface area contributed by atoms with Crippen LogP contribution in [0, 0.1) is 6.92 Å². The van der Waals surface area contributed by atoms with Crippen LogP contribution in [0.3, 0.4) is 0 Å². The summed E-state index contributed by atoms with van der Waals surface area (Å²) in [6, 6.07) is 14.3. The van der Waals surface area contributed by atoms with Gasteiger partial charge in [0.1, 0.15) is 17.5 Å². The summed E-state index contributed by atoms with van der Waals surface area (Å²) >= 11 is 0. The third-order valence-corrected chi connectivity index (χ3v) is 4.47. The van der Waals surface area contributed by atoms with Crippen LogP contribution in [-0.4, -0.2) is 42.5 Å². The number of carbonyl (C=O) groups is 2. The Bertz CT molecular complexity index is 818. The fourth-order valence-corrected chi connectivity index (χ4v) is 2.82. The first kappa shape index (κ1) is 22.3. The van der Waals surface area contributed by atoms with Gasteiger partial charge in [0.2, 0.25) is 5.91 Å². The molecule has 2 amide bonds. The summed E-state index contributed by atoms with van der Waals surface area (Å²) in [6.07, 6.45) is 0. The van der Waals surface area contributed by atoms with Crippen LogP contribution >= 0.6 is 0 Å². The zero-order chi connectivity index (χ0) is 21.4. The summed E-state index contributed by atoms with van der Waals surface area (Å²) in [6.45, 7) is 7.62. The number of benzene rings is 2. The highest BCUT2D eigenvalue weighted by Crippen LogP contribution is 2.17. The number of hydrogen-bond donors (Lipinski definition) is 1. The largest absolute Gasteiger partial charge is 0.497 e. The second-order valence-corrected chi connectivity index (χ2v) is 7.31. The van der Waals surface area contributed by atoms with E-state index in [0.717, 1.165) is 11.1 Å². The number of nitrogens with zero attached hydrogens (tertiary/aromatic N) is 1. The molecule has 156 valence electrons. The van der Waals surface area contributed by atoms with Crippen LogP contribution in [0.5, 0.6) is 11.5 Å². The monoisotopic (exact) mass is 398 g/mol. The van der Waals surface area contributed by atoms with Crippen LogP contribution in [0.25, 0.3) is 0 Å². The summed E-state index contributed by atoms with van der Waals surface area (Å²) < 4.78 is 10.9. The van der Waals surface area contributed by atoms with E-state index in [1.165, 1.54) is 4.90 Å². The molecular formula is C23H30N2O4.